The van der Waals surface area contributed by atoms with Crippen LogP contribution in [-0.2, 0) is 6.54 Å². The maximum Gasteiger partial charge on any atom is 0.352 e. The van der Waals surface area contributed by atoms with Crippen molar-refractivity contribution in [1.82, 2.24) is 19.7 Å². The number of halogens is 1. The molecule has 0 saturated heterocycles. The Morgan fingerprint density at radius 3 is 2.31 bits per heavy atom. The van der Waals surface area contributed by atoms with Crippen LogP contribution in [0.4, 0.5) is 0 Å². The molecule has 1 atom stereocenters. The van der Waals surface area contributed by atoms with Crippen LogP contribution in [0.3, 0.4) is 0 Å². The summed E-state index contributed by atoms with van der Waals surface area (Å²) in [6.45, 7) is 5.56. The monoisotopic (exact) mass is 488 g/mol. The van der Waals surface area contributed by atoms with Crippen molar-refractivity contribution in [3.8, 4) is 5.69 Å². The van der Waals surface area contributed by atoms with Gasteiger partial charge in [0.05, 0.1) is 18.3 Å². The van der Waals surface area contributed by atoms with Gasteiger partial charge in [0, 0.05) is 5.02 Å². The highest BCUT2D eigenvalue weighted by Crippen LogP contribution is 2.14. The number of aromatic nitrogens is 3. The van der Waals surface area contributed by atoms with Crippen LogP contribution >= 0.6 is 11.6 Å². The topological polar surface area (TPSA) is 86.0 Å². The van der Waals surface area contributed by atoms with Crippen LogP contribution in [0.5, 0.6) is 0 Å². The number of nitrogens with one attached hydrogen (secondary N) is 1. The molecule has 1 aromatic heterocycles. The van der Waals surface area contributed by atoms with E-state index in [2.05, 4.69) is 10.4 Å². The summed E-state index contributed by atoms with van der Waals surface area (Å²) < 4.78 is 2.12. The summed E-state index contributed by atoms with van der Waals surface area (Å²) in [4.78, 5) is 40.0. The fourth-order valence-electron chi connectivity index (χ4n) is 3.95. The van der Waals surface area contributed by atoms with Gasteiger partial charge in [0.25, 0.3) is 11.5 Å². The molecule has 0 aliphatic carbocycles. The Bertz CT molecular complexity index is 1490. The Hall–Kier alpha value is -3.97. The van der Waals surface area contributed by atoms with Gasteiger partial charge in [0.1, 0.15) is 0 Å². The second-order valence-electron chi connectivity index (χ2n) is 8.52. The lowest BCUT2D eigenvalue weighted by atomic mass is 10.1. The van der Waals surface area contributed by atoms with E-state index in [0.29, 0.717) is 16.3 Å². The maximum absolute atomic E-state index is 13.4. The van der Waals surface area contributed by atoms with Crippen LogP contribution in [0, 0.1) is 13.8 Å². The summed E-state index contributed by atoms with van der Waals surface area (Å²) in [7, 11) is 0. The number of hydrogen-bond acceptors (Lipinski definition) is 4. The second kappa shape index (κ2) is 10.1. The fraction of sp³-hybridized carbons (Fsp3) is 0.185. The molecule has 0 radical (unpaired) electrons. The molecule has 0 bridgehead atoms. The number of carbonyl (C=O) groups is 1. The van der Waals surface area contributed by atoms with Crippen LogP contribution in [-0.4, -0.2) is 20.3 Å². The zero-order chi connectivity index (χ0) is 25.1. The number of nitrogens with zero attached hydrogens (tertiary/aromatic N) is 3. The van der Waals surface area contributed by atoms with E-state index in [4.69, 9.17) is 11.6 Å². The highest BCUT2D eigenvalue weighted by Gasteiger charge is 2.22. The minimum absolute atomic E-state index is 0.0555. The van der Waals surface area contributed by atoms with E-state index in [-0.39, 0.29) is 18.3 Å². The van der Waals surface area contributed by atoms with E-state index in [1.54, 1.807) is 36.4 Å². The van der Waals surface area contributed by atoms with Gasteiger partial charge in [-0.05, 0) is 67.3 Å². The first-order chi connectivity index (χ1) is 16.7. The molecule has 0 aliphatic heterocycles. The lowest BCUT2D eigenvalue weighted by Gasteiger charge is -2.16. The third-order valence-corrected chi connectivity index (χ3v) is 5.84. The number of carbonyl (C=O) groups excluding carboxylic acids is 1. The lowest BCUT2D eigenvalue weighted by Crippen LogP contribution is -2.46. The van der Waals surface area contributed by atoms with E-state index in [1.165, 1.54) is 0 Å². The lowest BCUT2D eigenvalue weighted by molar-refractivity contribution is 0.0930. The largest absolute Gasteiger partial charge is 0.352 e. The molecule has 0 fully saturated rings. The van der Waals surface area contributed by atoms with Gasteiger partial charge in [-0.1, -0.05) is 60.1 Å². The average Bonchev–Trinajstić information content (AvgIpc) is 2.81. The minimum Gasteiger partial charge on any atom is -0.344 e. The zero-order valence-electron chi connectivity index (χ0n) is 19.7. The van der Waals surface area contributed by atoms with Crippen LogP contribution < -0.4 is 16.6 Å². The number of hydrogen-bond donors (Lipinski definition) is 1. The molecule has 1 amide bonds. The Balaban J connectivity index is 1.84. The van der Waals surface area contributed by atoms with Gasteiger partial charge in [0.2, 0.25) is 5.69 Å². The SMILES string of the molecule is Cc1cc(C)cc(-n2nc(C(=O)N[C@H](C)c3ccccc3)c(=O)n(Cc3cccc(Cl)c3)c2=O)c1. The molecule has 7 nitrogen and oxygen atoms in total. The maximum atomic E-state index is 13.4. The molecule has 35 heavy (non-hydrogen) atoms. The van der Waals surface area contributed by atoms with Gasteiger partial charge in [-0.3, -0.25) is 14.2 Å². The second-order valence-corrected chi connectivity index (χ2v) is 8.95. The minimum atomic E-state index is -0.770. The summed E-state index contributed by atoms with van der Waals surface area (Å²) in [5.74, 6) is -0.663. The number of benzene rings is 3. The van der Waals surface area contributed by atoms with Crippen molar-refractivity contribution in [2.24, 2.45) is 0 Å². The van der Waals surface area contributed by atoms with Gasteiger partial charge >= 0.3 is 5.69 Å². The Labute approximate surface area is 207 Å². The third-order valence-electron chi connectivity index (χ3n) is 5.60. The Morgan fingerprint density at radius 1 is 0.971 bits per heavy atom. The van der Waals surface area contributed by atoms with Crippen LogP contribution in [0.2, 0.25) is 5.02 Å². The van der Waals surface area contributed by atoms with Gasteiger partial charge in [-0.2, -0.15) is 9.78 Å². The van der Waals surface area contributed by atoms with Crippen molar-refractivity contribution < 1.29 is 4.79 Å². The smallest absolute Gasteiger partial charge is 0.344 e. The van der Waals surface area contributed by atoms with Crippen molar-refractivity contribution in [2.75, 3.05) is 0 Å². The molecule has 4 aromatic rings. The van der Waals surface area contributed by atoms with Crippen molar-refractivity contribution in [3.05, 3.63) is 127 Å². The molecule has 0 spiro atoms. The Kier molecular flexibility index (Phi) is 6.98. The van der Waals surface area contributed by atoms with Gasteiger partial charge < -0.3 is 5.32 Å². The third kappa shape index (κ3) is 5.41. The molecule has 0 unspecified atom stereocenters. The fourth-order valence-corrected chi connectivity index (χ4v) is 4.16. The highest BCUT2D eigenvalue weighted by atomic mass is 35.5. The molecule has 1 heterocycles. The van der Waals surface area contributed by atoms with E-state index in [9.17, 15) is 14.4 Å². The molecular formula is C27H25ClN4O3. The van der Waals surface area contributed by atoms with Crippen LogP contribution in [0.15, 0.2) is 82.4 Å². The Morgan fingerprint density at radius 2 is 1.66 bits per heavy atom. The summed E-state index contributed by atoms with van der Waals surface area (Å²) >= 11 is 6.10. The normalized spacial score (nSPS) is 11.8. The first-order valence-corrected chi connectivity index (χ1v) is 11.5. The first kappa shape index (κ1) is 24.2. The summed E-state index contributed by atoms with van der Waals surface area (Å²) in [5, 5.41) is 7.53. The van der Waals surface area contributed by atoms with Crippen molar-refractivity contribution in [3.63, 3.8) is 0 Å². The quantitative estimate of drug-likeness (QED) is 0.440. The van der Waals surface area contributed by atoms with Gasteiger partial charge in [-0.25, -0.2) is 4.79 Å². The summed E-state index contributed by atoms with van der Waals surface area (Å²) in [6.07, 6.45) is 0. The van der Waals surface area contributed by atoms with Crippen molar-refractivity contribution >= 4 is 17.5 Å². The first-order valence-electron chi connectivity index (χ1n) is 11.2. The average molecular weight is 489 g/mol. The molecule has 0 aliphatic rings. The number of rotatable bonds is 6. The van der Waals surface area contributed by atoms with E-state index < -0.39 is 17.2 Å². The molecule has 0 saturated carbocycles. The van der Waals surface area contributed by atoms with Crippen LogP contribution in [0.25, 0.3) is 5.69 Å². The number of aryl methyl sites for hydroxylation is 2. The summed E-state index contributed by atoms with van der Waals surface area (Å²) in [6, 6.07) is 21.4. The predicted octanol–water partition coefficient (Wildman–Crippen LogP) is 4.20. The molecule has 3 aromatic carbocycles. The standard InChI is InChI=1S/C27H25ClN4O3/c1-17-12-18(2)14-23(13-17)32-27(35)31(16-20-8-7-11-22(28)15-20)26(34)24(30-32)25(33)29-19(3)21-9-5-4-6-10-21/h4-15,19H,16H2,1-3H3,(H,29,33)/t19-/m1/s1. The molecule has 4 rings (SSSR count). The predicted molar refractivity (Wildman–Crippen MR) is 136 cm³/mol. The molecule has 8 heteroatoms. The number of amides is 1. The van der Waals surface area contributed by atoms with Gasteiger partial charge in [0.15, 0.2) is 0 Å². The molecule has 1 N–H and O–H groups in total. The highest BCUT2D eigenvalue weighted by molar-refractivity contribution is 6.30. The van der Waals surface area contributed by atoms with E-state index in [1.807, 2.05) is 57.2 Å². The summed E-state index contributed by atoms with van der Waals surface area (Å²) in [5.41, 5.74) is 2.06. The van der Waals surface area contributed by atoms with Crippen molar-refractivity contribution in [1.29, 1.82) is 0 Å². The van der Waals surface area contributed by atoms with Gasteiger partial charge in [-0.15, -0.1) is 0 Å². The van der Waals surface area contributed by atoms with E-state index in [0.717, 1.165) is 25.9 Å². The van der Waals surface area contributed by atoms with E-state index >= 15 is 0 Å². The van der Waals surface area contributed by atoms with Crippen LogP contribution in [0.1, 0.15) is 45.7 Å². The molecule has 178 valence electrons. The van der Waals surface area contributed by atoms with Crippen molar-refractivity contribution in [2.45, 2.75) is 33.4 Å². The zero-order valence-corrected chi connectivity index (χ0v) is 20.4. The molecular weight excluding hydrogens is 464 g/mol.